The molecule has 0 aliphatic heterocycles. The molecule has 0 heterocycles. The molecule has 128 valence electrons. The Morgan fingerprint density at radius 3 is 2.38 bits per heavy atom. The number of carbonyl (C=O) groups is 2. The second-order valence-electron chi connectivity index (χ2n) is 6.03. The van der Waals surface area contributed by atoms with Crippen molar-refractivity contribution in [1.82, 2.24) is 0 Å². The van der Waals surface area contributed by atoms with E-state index < -0.39 is 23.9 Å². The zero-order valence-electron chi connectivity index (χ0n) is 13.8. The van der Waals surface area contributed by atoms with E-state index in [1.165, 1.54) is 27.4 Å². The smallest absolute Gasteiger partial charge is 0.170 e. The van der Waals surface area contributed by atoms with Crippen molar-refractivity contribution < 1.29 is 28.9 Å². The number of aliphatic hydroxyl groups is 1. The van der Waals surface area contributed by atoms with Crippen molar-refractivity contribution >= 4 is 11.6 Å². The number of ether oxygens (including phenoxy) is 3. The Balaban J connectivity index is 2.04. The van der Waals surface area contributed by atoms with E-state index in [1.807, 2.05) is 0 Å². The normalized spacial score (nSPS) is 29.1. The molecule has 6 nitrogen and oxygen atoms in total. The summed E-state index contributed by atoms with van der Waals surface area (Å²) < 4.78 is 15.6. The Bertz CT molecular complexity index is 707. The van der Waals surface area contributed by atoms with Gasteiger partial charge in [-0.1, -0.05) is 6.07 Å². The summed E-state index contributed by atoms with van der Waals surface area (Å²) in [7, 11) is 4.47. The molecular weight excluding hydrogens is 312 g/mol. The monoisotopic (exact) mass is 332 g/mol. The molecule has 1 aromatic rings. The molecule has 0 aromatic heterocycles. The number of methoxy groups -OCH3 is 3. The van der Waals surface area contributed by atoms with Crippen molar-refractivity contribution in [3.63, 3.8) is 0 Å². The van der Waals surface area contributed by atoms with Gasteiger partial charge in [-0.25, -0.2) is 0 Å². The van der Waals surface area contributed by atoms with Gasteiger partial charge in [-0.2, -0.15) is 0 Å². The van der Waals surface area contributed by atoms with Gasteiger partial charge in [0.05, 0.1) is 39.3 Å². The van der Waals surface area contributed by atoms with Gasteiger partial charge in [0.1, 0.15) is 5.76 Å². The highest BCUT2D eigenvalue weighted by molar-refractivity contribution is 6.13. The second-order valence-corrected chi connectivity index (χ2v) is 6.03. The third kappa shape index (κ3) is 2.47. The largest absolute Gasteiger partial charge is 0.500 e. The second kappa shape index (κ2) is 6.28. The minimum absolute atomic E-state index is 0.190. The first-order valence-corrected chi connectivity index (χ1v) is 7.75. The van der Waals surface area contributed by atoms with E-state index >= 15 is 0 Å². The molecule has 0 radical (unpaired) electrons. The highest BCUT2D eigenvalue weighted by Crippen LogP contribution is 2.45. The van der Waals surface area contributed by atoms with Gasteiger partial charge < -0.3 is 19.3 Å². The maximum Gasteiger partial charge on any atom is 0.170 e. The van der Waals surface area contributed by atoms with E-state index in [-0.39, 0.29) is 18.0 Å². The van der Waals surface area contributed by atoms with E-state index in [1.54, 1.807) is 18.2 Å². The fourth-order valence-corrected chi connectivity index (χ4v) is 3.70. The Morgan fingerprint density at radius 1 is 1.04 bits per heavy atom. The van der Waals surface area contributed by atoms with Crippen LogP contribution in [0.25, 0.3) is 0 Å². The van der Waals surface area contributed by atoms with Crippen molar-refractivity contribution in [1.29, 1.82) is 0 Å². The lowest BCUT2D eigenvalue weighted by atomic mass is 9.64. The summed E-state index contributed by atoms with van der Waals surface area (Å²) in [6.45, 7) is 0. The summed E-state index contributed by atoms with van der Waals surface area (Å²) in [6, 6.07) is 5.18. The molecule has 6 heteroatoms. The molecule has 2 aliphatic rings. The number of allylic oxidation sites excluding steroid dienone is 2. The fourth-order valence-electron chi connectivity index (χ4n) is 3.70. The molecule has 0 amide bonds. The third-order valence-electron chi connectivity index (χ3n) is 4.86. The van der Waals surface area contributed by atoms with Crippen molar-refractivity contribution in [2.75, 3.05) is 21.3 Å². The molecule has 2 aliphatic carbocycles. The minimum atomic E-state index is -0.893. The topological polar surface area (TPSA) is 82.1 Å². The van der Waals surface area contributed by atoms with Crippen LogP contribution in [-0.2, 0) is 14.3 Å². The van der Waals surface area contributed by atoms with Crippen LogP contribution in [0, 0.1) is 11.8 Å². The molecule has 24 heavy (non-hydrogen) atoms. The molecule has 0 unspecified atom stereocenters. The number of aliphatic hydroxyl groups excluding tert-OH is 1. The minimum Gasteiger partial charge on any atom is -0.500 e. The highest BCUT2D eigenvalue weighted by atomic mass is 16.5. The SMILES string of the molecule is COC1=CC(=O)[C@H]2C(=O)[C@@H]1C[C@H](O)[C@H]2c1ccc(OC)c(OC)c1. The Labute approximate surface area is 140 Å². The molecule has 2 bridgehead atoms. The van der Waals surface area contributed by atoms with E-state index in [0.717, 1.165) is 0 Å². The zero-order chi connectivity index (χ0) is 17.4. The average Bonchev–Trinajstić information content (AvgIpc) is 2.59. The molecular formula is C18H20O6. The van der Waals surface area contributed by atoms with Crippen molar-refractivity contribution in [3.05, 3.63) is 35.6 Å². The first-order chi connectivity index (χ1) is 11.5. The molecule has 3 rings (SSSR count). The molecule has 4 atom stereocenters. The number of carbonyl (C=O) groups excluding carboxylic acids is 2. The highest BCUT2D eigenvalue weighted by Gasteiger charge is 2.51. The van der Waals surface area contributed by atoms with Crippen LogP contribution in [0.15, 0.2) is 30.0 Å². The van der Waals surface area contributed by atoms with Crippen LogP contribution in [-0.4, -0.2) is 44.1 Å². The maximum absolute atomic E-state index is 12.7. The van der Waals surface area contributed by atoms with Gasteiger partial charge in [0.15, 0.2) is 23.1 Å². The summed E-state index contributed by atoms with van der Waals surface area (Å²) in [4.78, 5) is 25.1. The quantitative estimate of drug-likeness (QED) is 0.841. The van der Waals surface area contributed by atoms with E-state index in [4.69, 9.17) is 14.2 Å². The maximum atomic E-state index is 12.7. The summed E-state index contributed by atoms with van der Waals surface area (Å²) in [5.41, 5.74) is 0.680. The lowest BCUT2D eigenvalue weighted by Crippen LogP contribution is -2.48. The van der Waals surface area contributed by atoms with Gasteiger partial charge in [0.25, 0.3) is 0 Å². The zero-order valence-corrected chi connectivity index (χ0v) is 13.8. The van der Waals surface area contributed by atoms with Crippen LogP contribution in [0.3, 0.4) is 0 Å². The van der Waals surface area contributed by atoms with Crippen molar-refractivity contribution in [3.8, 4) is 11.5 Å². The van der Waals surface area contributed by atoms with Gasteiger partial charge in [-0.15, -0.1) is 0 Å². The third-order valence-corrected chi connectivity index (χ3v) is 4.86. The number of ketones is 2. The van der Waals surface area contributed by atoms with Crippen molar-refractivity contribution in [2.45, 2.75) is 18.4 Å². The molecule has 1 N–H and O–H groups in total. The molecule has 0 saturated heterocycles. The van der Waals surface area contributed by atoms with Gasteiger partial charge in [0, 0.05) is 12.0 Å². The average molecular weight is 332 g/mol. The summed E-state index contributed by atoms with van der Waals surface area (Å²) in [5, 5.41) is 10.6. The number of hydrogen-bond acceptors (Lipinski definition) is 6. The standard InChI is InChI=1S/C18H20O6/c1-22-13-5-4-9(6-15(13)24-3)16-11(19)7-10-14(23-2)8-12(20)17(16)18(10)21/h4-6,8,10-11,16-17,19H,7H2,1-3H3/t10-,11+,16-,17-/m1/s1. The van der Waals surface area contributed by atoms with Crippen LogP contribution in [0.4, 0.5) is 0 Å². The van der Waals surface area contributed by atoms with Gasteiger partial charge >= 0.3 is 0 Å². The molecule has 0 spiro atoms. The van der Waals surface area contributed by atoms with Gasteiger partial charge in [0.2, 0.25) is 0 Å². The Hall–Kier alpha value is -2.34. The fraction of sp³-hybridized carbons (Fsp3) is 0.444. The lowest BCUT2D eigenvalue weighted by Gasteiger charge is -2.40. The van der Waals surface area contributed by atoms with Gasteiger partial charge in [-0.3, -0.25) is 9.59 Å². The summed E-state index contributed by atoms with van der Waals surface area (Å²) >= 11 is 0. The van der Waals surface area contributed by atoms with E-state index in [2.05, 4.69) is 0 Å². The van der Waals surface area contributed by atoms with Crippen LogP contribution < -0.4 is 9.47 Å². The summed E-state index contributed by atoms with van der Waals surface area (Å²) in [6.07, 6.45) is 0.802. The molecule has 1 fully saturated rings. The lowest BCUT2D eigenvalue weighted by molar-refractivity contribution is -0.142. The Kier molecular flexibility index (Phi) is 4.32. The Morgan fingerprint density at radius 2 is 1.75 bits per heavy atom. The van der Waals surface area contributed by atoms with Crippen LogP contribution in [0.2, 0.25) is 0 Å². The van der Waals surface area contributed by atoms with Crippen LogP contribution >= 0.6 is 0 Å². The first kappa shape index (κ1) is 16.5. The molecule has 1 aromatic carbocycles. The number of rotatable bonds is 4. The van der Waals surface area contributed by atoms with E-state index in [9.17, 15) is 14.7 Å². The number of hydrogen-bond donors (Lipinski definition) is 1. The first-order valence-electron chi connectivity index (χ1n) is 7.75. The van der Waals surface area contributed by atoms with Gasteiger partial charge in [-0.05, 0) is 24.1 Å². The number of benzene rings is 1. The number of Topliss-reactive ketones (excluding diaryl/α,β-unsaturated/α-hetero) is 1. The predicted molar refractivity (Wildman–Crippen MR) is 85.0 cm³/mol. The summed E-state index contributed by atoms with van der Waals surface area (Å²) in [5.74, 6) is -1.18. The molecule has 1 saturated carbocycles. The van der Waals surface area contributed by atoms with E-state index in [0.29, 0.717) is 22.8 Å². The predicted octanol–water partition coefficient (Wildman–Crippen LogP) is 1.47. The van der Waals surface area contributed by atoms with Crippen LogP contribution in [0.5, 0.6) is 11.5 Å². The van der Waals surface area contributed by atoms with Crippen molar-refractivity contribution in [2.24, 2.45) is 11.8 Å². The van der Waals surface area contributed by atoms with Crippen LogP contribution in [0.1, 0.15) is 17.9 Å². The number of fused-ring (bicyclic) bond motifs is 2.